The molecule has 0 saturated heterocycles. The molecule has 0 saturated carbocycles. The summed E-state index contributed by atoms with van der Waals surface area (Å²) in [7, 11) is 1.49. The van der Waals surface area contributed by atoms with Crippen LogP contribution < -0.4 is 16.0 Å². The van der Waals surface area contributed by atoms with Crippen LogP contribution in [0, 0.1) is 12.8 Å². The van der Waals surface area contributed by atoms with Crippen molar-refractivity contribution in [2.45, 2.75) is 39.3 Å². The maximum atomic E-state index is 13.3. The van der Waals surface area contributed by atoms with Crippen molar-refractivity contribution in [1.29, 1.82) is 0 Å². The molecule has 0 fully saturated rings. The van der Waals surface area contributed by atoms with Crippen molar-refractivity contribution in [2.75, 3.05) is 7.05 Å². The summed E-state index contributed by atoms with van der Waals surface area (Å²) in [5, 5.41) is 22.0. The average Bonchev–Trinajstić information content (AvgIpc) is 3.71. The van der Waals surface area contributed by atoms with E-state index in [2.05, 4.69) is 67.7 Å². The van der Waals surface area contributed by atoms with Crippen molar-refractivity contribution < 1.29 is 24.3 Å². The van der Waals surface area contributed by atoms with E-state index >= 15 is 0 Å². The van der Waals surface area contributed by atoms with Gasteiger partial charge in [-0.2, -0.15) is 0 Å². The van der Waals surface area contributed by atoms with E-state index in [0.29, 0.717) is 29.1 Å². The molecule has 0 aliphatic heterocycles. The van der Waals surface area contributed by atoms with Gasteiger partial charge in [0.25, 0.3) is 11.8 Å². The third-order valence-electron chi connectivity index (χ3n) is 6.04. The lowest BCUT2D eigenvalue weighted by molar-refractivity contribution is -0.121. The molecule has 0 spiro atoms. The summed E-state index contributed by atoms with van der Waals surface area (Å²) < 4.78 is 1.22. The maximum absolute atomic E-state index is 13.3. The summed E-state index contributed by atoms with van der Waals surface area (Å²) in [5.41, 5.74) is 0.928. The van der Waals surface area contributed by atoms with Gasteiger partial charge in [-0.25, -0.2) is 24.7 Å². The minimum absolute atomic E-state index is 0.0896. The fourth-order valence-corrected chi connectivity index (χ4v) is 7.82. The number of nitrogens with zero attached hydrogens (tertiary/aromatic N) is 4. The molecule has 3 amide bonds. The molecule has 4 N–H and O–H groups in total. The second-order valence-electron chi connectivity index (χ2n) is 9.44. The first kappa shape index (κ1) is 32.8. The zero-order valence-electron chi connectivity index (χ0n) is 23.1. The van der Waals surface area contributed by atoms with E-state index in [9.17, 15) is 24.3 Å². The highest BCUT2D eigenvalue weighted by molar-refractivity contribution is 9.11. The quantitative estimate of drug-likeness (QED) is 0.146. The monoisotopic (exact) mass is 769 g/mol. The highest BCUT2D eigenvalue weighted by Gasteiger charge is 2.29. The summed E-state index contributed by atoms with van der Waals surface area (Å²) in [6, 6.07) is 2.22. The van der Waals surface area contributed by atoms with Gasteiger partial charge in [0.15, 0.2) is 5.69 Å². The summed E-state index contributed by atoms with van der Waals surface area (Å²) >= 11 is 10.3. The van der Waals surface area contributed by atoms with Crippen molar-refractivity contribution in [2.24, 2.45) is 5.92 Å². The van der Waals surface area contributed by atoms with Crippen LogP contribution in [-0.2, 0) is 4.79 Å². The highest BCUT2D eigenvalue weighted by Crippen LogP contribution is 2.32. The summed E-state index contributed by atoms with van der Waals surface area (Å²) in [6.45, 7) is 5.50. The zero-order valence-corrected chi connectivity index (χ0v) is 28.7. The first-order valence-electron chi connectivity index (χ1n) is 12.6. The number of carboxylic acid groups (broad SMARTS) is 1. The van der Waals surface area contributed by atoms with Crippen LogP contribution in [0.5, 0.6) is 0 Å². The van der Waals surface area contributed by atoms with Crippen LogP contribution in [0.25, 0.3) is 10.6 Å². The Morgan fingerprint density at radius 2 is 1.65 bits per heavy atom. The number of halogens is 2. The van der Waals surface area contributed by atoms with Crippen LogP contribution in [0.1, 0.15) is 78.7 Å². The van der Waals surface area contributed by atoms with Gasteiger partial charge in [-0.3, -0.25) is 14.4 Å². The molecule has 2 atom stereocenters. The van der Waals surface area contributed by atoms with Gasteiger partial charge in [-0.1, -0.05) is 13.8 Å². The molecule has 0 unspecified atom stereocenters. The molecule has 43 heavy (non-hydrogen) atoms. The van der Waals surface area contributed by atoms with Gasteiger partial charge in [0.2, 0.25) is 5.91 Å². The van der Waals surface area contributed by atoms with Gasteiger partial charge in [0.1, 0.15) is 35.6 Å². The van der Waals surface area contributed by atoms with Crippen LogP contribution in [0.4, 0.5) is 0 Å². The predicted molar refractivity (Wildman–Crippen MR) is 171 cm³/mol. The number of hydrogen-bond donors (Lipinski definition) is 4. The summed E-state index contributed by atoms with van der Waals surface area (Å²) in [6.07, 6.45) is -0.110. The number of aromatic carboxylic acids is 1. The molecule has 0 aliphatic carbocycles. The van der Waals surface area contributed by atoms with Gasteiger partial charge in [0.05, 0.1) is 18.5 Å². The van der Waals surface area contributed by atoms with Crippen molar-refractivity contribution in [1.82, 2.24) is 35.9 Å². The van der Waals surface area contributed by atoms with E-state index < -0.39 is 29.9 Å². The fourth-order valence-electron chi connectivity index (χ4n) is 3.82. The van der Waals surface area contributed by atoms with Gasteiger partial charge in [-0.05, 0) is 56.8 Å². The SMILES string of the molecule is CNC(=O)C[C@H](NC(=O)c1csc(-c2ccc(Br)nc2Br)n1)c1nc(C(=O)N[C@H](c2nc(C(=O)O)cs2)C(C)C)c(C)s1. The number of pyridine rings is 1. The normalized spacial score (nSPS) is 12.5. The number of nitrogens with one attached hydrogen (secondary N) is 3. The Morgan fingerprint density at radius 3 is 2.28 bits per heavy atom. The lowest BCUT2D eigenvalue weighted by atomic mass is 10.0. The molecule has 12 nitrogen and oxygen atoms in total. The van der Waals surface area contributed by atoms with Crippen LogP contribution in [0.2, 0.25) is 0 Å². The Kier molecular flexibility index (Phi) is 10.8. The molecule has 4 heterocycles. The molecular weight excluding hydrogens is 746 g/mol. The fraction of sp³-hybridized carbons (Fsp3) is 0.308. The smallest absolute Gasteiger partial charge is 0.355 e. The second-order valence-corrected chi connectivity index (χ2v) is 14.0. The van der Waals surface area contributed by atoms with E-state index in [1.165, 1.54) is 35.1 Å². The van der Waals surface area contributed by atoms with Crippen LogP contribution in [0.15, 0.2) is 32.1 Å². The van der Waals surface area contributed by atoms with Crippen LogP contribution >= 0.6 is 65.9 Å². The topological polar surface area (TPSA) is 176 Å². The third kappa shape index (κ3) is 7.89. The number of carbonyl (C=O) groups is 4. The second kappa shape index (κ2) is 14.1. The van der Waals surface area contributed by atoms with Gasteiger partial charge in [-0.15, -0.1) is 34.0 Å². The van der Waals surface area contributed by atoms with Crippen LogP contribution in [0.3, 0.4) is 0 Å². The number of amides is 3. The van der Waals surface area contributed by atoms with Gasteiger partial charge < -0.3 is 21.1 Å². The Morgan fingerprint density at radius 1 is 0.930 bits per heavy atom. The number of rotatable bonds is 11. The molecule has 0 bridgehead atoms. The maximum Gasteiger partial charge on any atom is 0.355 e. The highest BCUT2D eigenvalue weighted by atomic mass is 79.9. The van der Waals surface area contributed by atoms with E-state index in [-0.39, 0.29) is 35.3 Å². The minimum Gasteiger partial charge on any atom is -0.476 e. The lowest BCUT2D eigenvalue weighted by Gasteiger charge is -2.20. The summed E-state index contributed by atoms with van der Waals surface area (Å²) in [5.74, 6) is -2.55. The van der Waals surface area contributed by atoms with E-state index in [4.69, 9.17) is 0 Å². The van der Waals surface area contributed by atoms with Crippen LogP contribution in [-0.4, -0.2) is 55.8 Å². The first-order valence-corrected chi connectivity index (χ1v) is 16.8. The molecule has 4 aromatic heterocycles. The molecule has 226 valence electrons. The minimum atomic E-state index is -1.15. The Hall–Kier alpha value is -3.12. The van der Waals surface area contributed by atoms with Crippen molar-refractivity contribution in [3.8, 4) is 10.6 Å². The number of carbonyl (C=O) groups excluding carboxylic acids is 3. The predicted octanol–water partition coefficient (Wildman–Crippen LogP) is 5.38. The van der Waals surface area contributed by atoms with E-state index in [0.717, 1.165) is 16.9 Å². The number of hydrogen-bond acceptors (Lipinski definition) is 11. The molecule has 17 heteroatoms. The zero-order chi connectivity index (χ0) is 31.4. The molecule has 0 radical (unpaired) electrons. The van der Waals surface area contributed by atoms with E-state index in [1.807, 2.05) is 19.9 Å². The lowest BCUT2D eigenvalue weighted by Crippen LogP contribution is -2.34. The number of aromatic nitrogens is 4. The Bertz CT molecular complexity index is 1690. The standard InChI is InChI=1S/C26H25Br2N7O5S3/c1-10(2)18(25-32-15(9-42-25)26(39)40)34-22(38)19-11(3)43-24(35-19)13(7-17(36)29-4)30-21(37)14-8-41-23(31-14)12-5-6-16(27)33-20(12)28/h5-6,8-10,13,18H,7H2,1-4H3,(H,29,36)(H,30,37)(H,34,38)(H,39,40)/t13-,18-/m0/s1. The first-order chi connectivity index (χ1) is 20.4. The number of thiazole rings is 3. The van der Waals surface area contributed by atoms with Crippen molar-refractivity contribution >= 4 is 89.6 Å². The average molecular weight is 772 g/mol. The number of aryl methyl sites for hydroxylation is 1. The number of carboxylic acids is 1. The van der Waals surface area contributed by atoms with Crippen molar-refractivity contribution in [3.05, 3.63) is 64.1 Å². The van der Waals surface area contributed by atoms with Gasteiger partial charge in [0, 0.05) is 28.2 Å². The largest absolute Gasteiger partial charge is 0.476 e. The Labute approximate surface area is 275 Å². The molecule has 4 rings (SSSR count). The molecular formula is C26H25Br2N7O5S3. The molecule has 0 aromatic carbocycles. The van der Waals surface area contributed by atoms with E-state index in [1.54, 1.807) is 18.4 Å². The van der Waals surface area contributed by atoms with Gasteiger partial charge >= 0.3 is 5.97 Å². The third-order valence-corrected chi connectivity index (χ3v) is 9.98. The Balaban J connectivity index is 1.55. The summed E-state index contributed by atoms with van der Waals surface area (Å²) in [4.78, 5) is 68.3. The molecule has 0 aliphatic rings. The van der Waals surface area contributed by atoms with Crippen molar-refractivity contribution in [3.63, 3.8) is 0 Å². The molecule has 4 aromatic rings.